The summed E-state index contributed by atoms with van der Waals surface area (Å²) < 4.78 is 4.58. The monoisotopic (exact) mass is 248 g/mol. The Bertz CT molecular complexity index is 381. The van der Waals surface area contributed by atoms with Gasteiger partial charge in [0, 0.05) is 0 Å². The summed E-state index contributed by atoms with van der Waals surface area (Å²) in [5.41, 5.74) is 0. The largest absolute Gasteiger partial charge is 0.501 e. The predicted octanol–water partition coefficient (Wildman–Crippen LogP) is 3.01. The van der Waals surface area contributed by atoms with Gasteiger partial charge in [0.25, 0.3) is 0 Å². The molecule has 3 nitrogen and oxygen atoms in total. The molecule has 0 spiro atoms. The van der Waals surface area contributed by atoms with Gasteiger partial charge in [-0.05, 0) is 43.4 Å². The smallest absolute Gasteiger partial charge is 0.331 e. The zero-order valence-corrected chi connectivity index (χ0v) is 10.7. The van der Waals surface area contributed by atoms with Gasteiger partial charge in [0.05, 0.1) is 18.9 Å². The van der Waals surface area contributed by atoms with Crippen LogP contribution in [-0.4, -0.2) is 17.7 Å². The molecule has 0 radical (unpaired) electrons. The van der Waals surface area contributed by atoms with E-state index < -0.39 is 5.97 Å². The summed E-state index contributed by atoms with van der Waals surface area (Å²) in [4.78, 5) is 9.71. The van der Waals surface area contributed by atoms with Gasteiger partial charge in [-0.2, -0.15) is 0 Å². The Morgan fingerprint density at radius 1 is 1.39 bits per heavy atom. The lowest BCUT2D eigenvalue weighted by Gasteiger charge is -2.18. The van der Waals surface area contributed by atoms with E-state index in [0.717, 1.165) is 36.0 Å². The van der Waals surface area contributed by atoms with E-state index in [0.29, 0.717) is 6.61 Å². The quantitative estimate of drug-likeness (QED) is 0.474. The molecule has 3 heteroatoms. The third-order valence-electron chi connectivity index (χ3n) is 3.93. The molecule has 0 aromatic heterocycles. The molecule has 18 heavy (non-hydrogen) atoms. The van der Waals surface area contributed by atoms with Crippen LogP contribution in [0.15, 0.2) is 36.6 Å². The van der Waals surface area contributed by atoms with Crippen LogP contribution in [0.5, 0.6) is 0 Å². The number of carboxylic acid groups (broad SMARTS) is 1. The van der Waals surface area contributed by atoms with Crippen molar-refractivity contribution >= 4 is 5.97 Å². The number of carbonyl (C=O) groups is 1. The van der Waals surface area contributed by atoms with Crippen molar-refractivity contribution in [1.29, 1.82) is 0 Å². The van der Waals surface area contributed by atoms with Gasteiger partial charge in [-0.15, -0.1) is 0 Å². The molecule has 3 aliphatic carbocycles. The van der Waals surface area contributed by atoms with Crippen LogP contribution in [0, 0.1) is 23.7 Å². The van der Waals surface area contributed by atoms with E-state index in [1.165, 1.54) is 12.8 Å². The third kappa shape index (κ3) is 2.84. The van der Waals surface area contributed by atoms with Crippen molar-refractivity contribution in [3.63, 3.8) is 0 Å². The first-order valence-corrected chi connectivity index (χ1v) is 6.58. The van der Waals surface area contributed by atoms with Gasteiger partial charge in [0.1, 0.15) is 0 Å². The minimum atomic E-state index is -0.988. The number of hydrogen-bond donors (Lipinski definition) is 1. The van der Waals surface area contributed by atoms with Gasteiger partial charge >= 0.3 is 5.97 Å². The van der Waals surface area contributed by atoms with Gasteiger partial charge in [-0.25, -0.2) is 4.79 Å². The average Bonchev–Trinajstić information content (AvgIpc) is 3.04. The lowest BCUT2D eigenvalue weighted by molar-refractivity contribution is -0.131. The average molecular weight is 248 g/mol. The lowest BCUT2D eigenvalue weighted by atomic mass is 9.86. The van der Waals surface area contributed by atoms with Crippen molar-refractivity contribution in [3.8, 4) is 0 Å². The summed E-state index contributed by atoms with van der Waals surface area (Å²) in [6.07, 6.45) is 14.6. The second-order valence-electron chi connectivity index (χ2n) is 4.95. The fourth-order valence-electron chi connectivity index (χ4n) is 3.18. The van der Waals surface area contributed by atoms with Gasteiger partial charge in [-0.1, -0.05) is 24.3 Å². The molecule has 0 heterocycles. The molecule has 4 unspecified atom stereocenters. The molecule has 1 fully saturated rings. The van der Waals surface area contributed by atoms with Crippen LogP contribution in [0.25, 0.3) is 0 Å². The zero-order valence-electron chi connectivity index (χ0n) is 10.7. The first-order valence-electron chi connectivity index (χ1n) is 6.58. The van der Waals surface area contributed by atoms with Crippen molar-refractivity contribution in [2.45, 2.75) is 19.8 Å². The first kappa shape index (κ1) is 12.9. The molecular formula is C15H20O3. The molecule has 0 aliphatic heterocycles. The van der Waals surface area contributed by atoms with Crippen LogP contribution in [0.4, 0.5) is 0 Å². The molecule has 3 rings (SSSR count). The molecule has 0 saturated heterocycles. The summed E-state index contributed by atoms with van der Waals surface area (Å²) >= 11 is 0. The maximum Gasteiger partial charge on any atom is 0.331 e. The summed E-state index contributed by atoms with van der Waals surface area (Å²) in [5, 5.41) is 7.97. The standard InChI is InChI=1S/C10H12.C5H8O3/c1-2-9-7-4-5-8(6-7)10(9)3-1;1-2-8-4-3-5(6)7/h1-2,4-5,7-10H,3,6H2;3-4H,2H2,1H3,(H,6,7). The van der Waals surface area contributed by atoms with Crippen LogP contribution >= 0.6 is 0 Å². The number of ether oxygens (including phenoxy) is 1. The van der Waals surface area contributed by atoms with E-state index in [2.05, 4.69) is 29.0 Å². The minimum Gasteiger partial charge on any atom is -0.501 e. The summed E-state index contributed by atoms with van der Waals surface area (Å²) in [7, 11) is 0. The second kappa shape index (κ2) is 5.89. The van der Waals surface area contributed by atoms with Crippen LogP contribution < -0.4 is 0 Å². The number of allylic oxidation sites excluding steroid dienone is 4. The summed E-state index contributed by atoms with van der Waals surface area (Å²) in [6, 6.07) is 0. The van der Waals surface area contributed by atoms with Crippen LogP contribution in [0.1, 0.15) is 19.8 Å². The fraction of sp³-hybridized carbons (Fsp3) is 0.533. The van der Waals surface area contributed by atoms with Gasteiger partial charge in [0.2, 0.25) is 0 Å². The number of fused-ring (bicyclic) bond motifs is 5. The molecule has 0 amide bonds. The van der Waals surface area contributed by atoms with E-state index in [-0.39, 0.29) is 0 Å². The molecule has 3 aliphatic rings. The second-order valence-corrected chi connectivity index (χ2v) is 4.95. The fourth-order valence-corrected chi connectivity index (χ4v) is 3.18. The Labute approximate surface area is 108 Å². The highest BCUT2D eigenvalue weighted by Gasteiger charge is 2.44. The topological polar surface area (TPSA) is 46.5 Å². The number of carboxylic acids is 1. The van der Waals surface area contributed by atoms with Crippen molar-refractivity contribution < 1.29 is 14.6 Å². The SMILES string of the molecule is C1=CC2C3C=CC(C3)C2C1.CCOC=CC(=O)O. The highest BCUT2D eigenvalue weighted by Crippen LogP contribution is 2.52. The maximum absolute atomic E-state index is 9.71. The van der Waals surface area contributed by atoms with Crippen LogP contribution in [0.3, 0.4) is 0 Å². The Morgan fingerprint density at radius 2 is 2.17 bits per heavy atom. The maximum atomic E-state index is 9.71. The highest BCUT2D eigenvalue weighted by atomic mass is 16.5. The van der Waals surface area contributed by atoms with E-state index >= 15 is 0 Å². The van der Waals surface area contributed by atoms with Crippen LogP contribution in [-0.2, 0) is 9.53 Å². The Kier molecular flexibility index (Phi) is 4.24. The number of rotatable bonds is 3. The van der Waals surface area contributed by atoms with Gasteiger partial charge in [0.15, 0.2) is 0 Å². The van der Waals surface area contributed by atoms with Crippen molar-refractivity contribution in [2.24, 2.45) is 23.7 Å². The molecule has 0 aromatic rings. The normalized spacial score (nSPS) is 34.5. The molecular weight excluding hydrogens is 228 g/mol. The van der Waals surface area contributed by atoms with Crippen molar-refractivity contribution in [2.75, 3.05) is 6.61 Å². The third-order valence-corrected chi connectivity index (χ3v) is 3.93. The number of aliphatic carboxylic acids is 1. The molecule has 4 atom stereocenters. The zero-order chi connectivity index (χ0) is 13.0. The Morgan fingerprint density at radius 3 is 2.83 bits per heavy atom. The molecule has 1 saturated carbocycles. The molecule has 1 N–H and O–H groups in total. The van der Waals surface area contributed by atoms with Gasteiger partial charge in [-0.3, -0.25) is 0 Å². The first-order chi connectivity index (χ1) is 8.72. The summed E-state index contributed by atoms with van der Waals surface area (Å²) in [5.74, 6) is 2.84. The lowest BCUT2D eigenvalue weighted by Crippen LogP contribution is -2.12. The highest BCUT2D eigenvalue weighted by molar-refractivity contribution is 5.79. The van der Waals surface area contributed by atoms with Gasteiger partial charge < -0.3 is 9.84 Å². The van der Waals surface area contributed by atoms with Crippen molar-refractivity contribution in [3.05, 3.63) is 36.6 Å². The van der Waals surface area contributed by atoms with E-state index in [1.54, 1.807) is 6.92 Å². The Balaban J connectivity index is 0.000000139. The van der Waals surface area contributed by atoms with E-state index in [4.69, 9.17) is 5.11 Å². The minimum absolute atomic E-state index is 0.504. The molecule has 0 aromatic carbocycles. The summed E-state index contributed by atoms with van der Waals surface area (Å²) in [6.45, 7) is 2.29. The number of hydrogen-bond acceptors (Lipinski definition) is 2. The van der Waals surface area contributed by atoms with Crippen LogP contribution in [0.2, 0.25) is 0 Å². The Hall–Kier alpha value is -1.51. The van der Waals surface area contributed by atoms with E-state index in [1.807, 2.05) is 0 Å². The molecule has 98 valence electrons. The predicted molar refractivity (Wildman–Crippen MR) is 69.9 cm³/mol. The van der Waals surface area contributed by atoms with E-state index in [9.17, 15) is 4.79 Å². The van der Waals surface area contributed by atoms with Crippen molar-refractivity contribution in [1.82, 2.24) is 0 Å². The molecule has 2 bridgehead atoms.